The first kappa shape index (κ1) is 15.5. The van der Waals surface area contributed by atoms with Gasteiger partial charge in [-0.1, -0.05) is 41.7 Å². The summed E-state index contributed by atoms with van der Waals surface area (Å²) in [6.07, 6.45) is 1.27. The van der Waals surface area contributed by atoms with Crippen LogP contribution < -0.4 is 11.1 Å². The molecule has 0 unspecified atom stereocenters. The van der Waals surface area contributed by atoms with Gasteiger partial charge in [0.2, 0.25) is 0 Å². The van der Waals surface area contributed by atoms with Gasteiger partial charge in [0.25, 0.3) is 0 Å². The number of nitrogens with two attached hydrogens (primary N) is 1. The summed E-state index contributed by atoms with van der Waals surface area (Å²) in [5.41, 5.74) is 6.73. The Morgan fingerprint density at radius 2 is 2.23 bits per heavy atom. The van der Waals surface area contributed by atoms with Gasteiger partial charge in [0, 0.05) is 6.20 Å². The monoisotopic (exact) mass is 314 g/mol. The first-order valence-corrected chi connectivity index (χ1v) is 7.33. The normalized spacial score (nSPS) is 10.8. The second kappa shape index (κ2) is 7.24. The number of ether oxygens (including phenoxy) is 1. The van der Waals surface area contributed by atoms with Crippen molar-refractivity contribution in [3.05, 3.63) is 42.1 Å². The lowest BCUT2D eigenvalue weighted by atomic mass is 10.2. The SMILES string of the molecule is CCOC(=O)/C(C#N)=C/Nc1nc(N)c(-c2ccccc2)s1. The molecule has 0 fully saturated rings. The van der Waals surface area contributed by atoms with Crippen molar-refractivity contribution in [1.29, 1.82) is 5.26 Å². The number of thiazole rings is 1. The average Bonchev–Trinajstić information content (AvgIpc) is 2.90. The van der Waals surface area contributed by atoms with Gasteiger partial charge in [-0.2, -0.15) is 5.26 Å². The number of nitrogen functional groups attached to an aromatic ring is 1. The number of nitrogens with zero attached hydrogens (tertiary/aromatic N) is 2. The Hall–Kier alpha value is -2.85. The van der Waals surface area contributed by atoms with E-state index in [1.165, 1.54) is 17.5 Å². The first-order chi connectivity index (χ1) is 10.7. The standard InChI is InChI=1S/C15H14N4O2S/c1-2-21-14(20)11(8-16)9-18-15-19-13(17)12(22-15)10-6-4-3-5-7-10/h3-7,9H,2,17H2,1H3,(H,18,19)/b11-9+. The van der Waals surface area contributed by atoms with Crippen LogP contribution in [0.5, 0.6) is 0 Å². The number of esters is 1. The van der Waals surface area contributed by atoms with Crippen molar-refractivity contribution in [1.82, 2.24) is 4.98 Å². The quantitative estimate of drug-likeness (QED) is 0.500. The summed E-state index contributed by atoms with van der Waals surface area (Å²) in [6.45, 7) is 1.88. The Bertz CT molecular complexity index is 732. The van der Waals surface area contributed by atoms with Crippen molar-refractivity contribution < 1.29 is 9.53 Å². The number of anilines is 2. The topological polar surface area (TPSA) is 101 Å². The van der Waals surface area contributed by atoms with E-state index in [9.17, 15) is 4.79 Å². The van der Waals surface area contributed by atoms with Crippen LogP contribution in [0.1, 0.15) is 6.92 Å². The lowest BCUT2D eigenvalue weighted by Gasteiger charge is -1.99. The minimum absolute atomic E-state index is 0.128. The molecule has 0 aliphatic rings. The summed E-state index contributed by atoms with van der Waals surface area (Å²) in [5, 5.41) is 12.2. The molecule has 112 valence electrons. The fourth-order valence-electron chi connectivity index (χ4n) is 1.67. The molecule has 0 amide bonds. The molecule has 0 spiro atoms. The van der Waals surface area contributed by atoms with Crippen molar-refractivity contribution in [2.45, 2.75) is 6.92 Å². The third-order valence-electron chi connectivity index (χ3n) is 2.65. The van der Waals surface area contributed by atoms with E-state index in [0.717, 1.165) is 10.4 Å². The molecule has 0 atom stereocenters. The van der Waals surface area contributed by atoms with Crippen molar-refractivity contribution in [2.75, 3.05) is 17.7 Å². The number of carbonyl (C=O) groups excluding carboxylic acids is 1. The number of nitriles is 1. The Balaban J connectivity index is 2.18. The molecule has 0 saturated heterocycles. The maximum Gasteiger partial charge on any atom is 0.350 e. The molecule has 22 heavy (non-hydrogen) atoms. The van der Waals surface area contributed by atoms with Gasteiger partial charge < -0.3 is 15.8 Å². The molecule has 0 aliphatic carbocycles. The van der Waals surface area contributed by atoms with Gasteiger partial charge >= 0.3 is 5.97 Å². The summed E-state index contributed by atoms with van der Waals surface area (Å²) in [4.78, 5) is 16.5. The summed E-state index contributed by atoms with van der Waals surface area (Å²) in [7, 11) is 0. The van der Waals surface area contributed by atoms with Crippen LogP contribution in [0.3, 0.4) is 0 Å². The molecular formula is C15H14N4O2S. The third kappa shape index (κ3) is 3.62. The highest BCUT2D eigenvalue weighted by Crippen LogP contribution is 2.34. The van der Waals surface area contributed by atoms with E-state index >= 15 is 0 Å². The highest BCUT2D eigenvalue weighted by atomic mass is 32.1. The van der Waals surface area contributed by atoms with Crippen molar-refractivity contribution in [2.24, 2.45) is 0 Å². The first-order valence-electron chi connectivity index (χ1n) is 6.51. The number of hydrogen-bond acceptors (Lipinski definition) is 7. The van der Waals surface area contributed by atoms with E-state index in [1.807, 2.05) is 30.3 Å². The number of rotatable bonds is 5. The fourth-order valence-corrected chi connectivity index (χ4v) is 2.53. The van der Waals surface area contributed by atoms with Crippen molar-refractivity contribution >= 4 is 28.3 Å². The van der Waals surface area contributed by atoms with Crippen LogP contribution in [0.25, 0.3) is 10.4 Å². The second-order valence-corrected chi connectivity index (χ2v) is 5.13. The van der Waals surface area contributed by atoms with Gasteiger partial charge in [0.15, 0.2) is 10.7 Å². The van der Waals surface area contributed by atoms with Gasteiger partial charge in [-0.15, -0.1) is 0 Å². The van der Waals surface area contributed by atoms with Crippen LogP contribution in [0, 0.1) is 11.3 Å². The summed E-state index contributed by atoms with van der Waals surface area (Å²) in [6, 6.07) is 11.4. The van der Waals surface area contributed by atoms with Gasteiger partial charge in [-0.3, -0.25) is 0 Å². The number of carbonyl (C=O) groups is 1. The zero-order valence-electron chi connectivity index (χ0n) is 11.9. The number of aromatic nitrogens is 1. The molecule has 0 radical (unpaired) electrons. The molecule has 7 heteroatoms. The molecule has 2 rings (SSSR count). The highest BCUT2D eigenvalue weighted by Gasteiger charge is 2.12. The van der Waals surface area contributed by atoms with E-state index in [4.69, 9.17) is 15.7 Å². The third-order valence-corrected chi connectivity index (χ3v) is 3.70. The molecule has 1 aromatic carbocycles. The van der Waals surface area contributed by atoms with E-state index in [-0.39, 0.29) is 12.2 Å². The zero-order valence-corrected chi connectivity index (χ0v) is 12.7. The molecule has 1 heterocycles. The predicted molar refractivity (Wildman–Crippen MR) is 85.9 cm³/mol. The van der Waals surface area contributed by atoms with Crippen LogP contribution in [-0.4, -0.2) is 17.6 Å². The molecule has 0 aliphatic heterocycles. The van der Waals surface area contributed by atoms with E-state index in [2.05, 4.69) is 10.3 Å². The summed E-state index contributed by atoms with van der Waals surface area (Å²) >= 11 is 1.34. The van der Waals surface area contributed by atoms with E-state index in [0.29, 0.717) is 10.9 Å². The van der Waals surface area contributed by atoms with Crippen LogP contribution in [0.15, 0.2) is 42.1 Å². The predicted octanol–water partition coefficient (Wildman–Crippen LogP) is 2.77. The van der Waals surface area contributed by atoms with E-state index < -0.39 is 5.97 Å². The van der Waals surface area contributed by atoms with E-state index in [1.54, 1.807) is 13.0 Å². The van der Waals surface area contributed by atoms with Crippen molar-refractivity contribution in [3.63, 3.8) is 0 Å². The summed E-state index contributed by atoms with van der Waals surface area (Å²) in [5.74, 6) is -0.285. The highest BCUT2D eigenvalue weighted by molar-refractivity contribution is 7.19. The molecule has 2 aromatic rings. The van der Waals surface area contributed by atoms with Gasteiger partial charge in [0.1, 0.15) is 11.9 Å². The Morgan fingerprint density at radius 3 is 2.86 bits per heavy atom. The van der Waals surface area contributed by atoms with Crippen LogP contribution in [0.4, 0.5) is 10.9 Å². The smallest absolute Gasteiger partial charge is 0.350 e. The Kier molecular flexibility index (Phi) is 5.11. The number of benzene rings is 1. The Labute approximate surface area is 131 Å². The fraction of sp³-hybridized carbons (Fsp3) is 0.133. The number of nitrogens with one attached hydrogen (secondary N) is 1. The second-order valence-electron chi connectivity index (χ2n) is 4.13. The van der Waals surface area contributed by atoms with Gasteiger partial charge in [-0.25, -0.2) is 9.78 Å². The van der Waals surface area contributed by atoms with Crippen LogP contribution in [0.2, 0.25) is 0 Å². The summed E-state index contributed by atoms with van der Waals surface area (Å²) < 4.78 is 4.77. The molecule has 6 nitrogen and oxygen atoms in total. The van der Waals surface area contributed by atoms with Crippen LogP contribution >= 0.6 is 11.3 Å². The van der Waals surface area contributed by atoms with Gasteiger partial charge in [0.05, 0.1) is 11.5 Å². The molecule has 0 bridgehead atoms. The average molecular weight is 314 g/mol. The molecular weight excluding hydrogens is 300 g/mol. The molecule has 3 N–H and O–H groups in total. The largest absolute Gasteiger partial charge is 0.462 e. The van der Waals surface area contributed by atoms with Crippen LogP contribution in [-0.2, 0) is 9.53 Å². The van der Waals surface area contributed by atoms with Crippen molar-refractivity contribution in [3.8, 4) is 16.5 Å². The zero-order chi connectivity index (χ0) is 15.9. The maximum absolute atomic E-state index is 11.5. The van der Waals surface area contributed by atoms with Gasteiger partial charge in [-0.05, 0) is 12.5 Å². The minimum Gasteiger partial charge on any atom is -0.462 e. The maximum atomic E-state index is 11.5. The Morgan fingerprint density at radius 1 is 1.50 bits per heavy atom. The minimum atomic E-state index is -0.676. The lowest BCUT2D eigenvalue weighted by Crippen LogP contribution is -2.07. The molecule has 0 saturated carbocycles. The molecule has 1 aromatic heterocycles. The lowest BCUT2D eigenvalue weighted by molar-refractivity contribution is -0.138. The number of hydrogen-bond donors (Lipinski definition) is 2.